The van der Waals surface area contributed by atoms with Crippen molar-refractivity contribution in [3.05, 3.63) is 42.0 Å². The van der Waals surface area contributed by atoms with E-state index in [1.54, 1.807) is 19.9 Å². The zero-order chi connectivity index (χ0) is 15.6. The largest absolute Gasteiger partial charge is 0.507 e. The van der Waals surface area contributed by atoms with Crippen LogP contribution < -0.4 is 5.32 Å². The van der Waals surface area contributed by atoms with Gasteiger partial charge in [-0.1, -0.05) is 38.1 Å². The number of aliphatic carboxylic acids is 1. The molecular weight excluding hydrogens is 270 g/mol. The fourth-order valence-corrected chi connectivity index (χ4v) is 2.14. The number of carbonyl (C=O) groups is 2. The van der Waals surface area contributed by atoms with Gasteiger partial charge in [0.2, 0.25) is 0 Å². The molecular formula is C16H17NO4. The van der Waals surface area contributed by atoms with E-state index in [4.69, 9.17) is 5.11 Å². The Balaban J connectivity index is 2.34. The Bertz CT molecular complexity index is 694. The molecule has 0 unspecified atom stereocenters. The van der Waals surface area contributed by atoms with E-state index >= 15 is 0 Å². The van der Waals surface area contributed by atoms with Gasteiger partial charge in [0.05, 0.1) is 5.56 Å². The monoisotopic (exact) mass is 287 g/mol. The summed E-state index contributed by atoms with van der Waals surface area (Å²) in [6.07, 6.45) is 0. The van der Waals surface area contributed by atoms with Gasteiger partial charge in [-0.15, -0.1) is 0 Å². The SMILES string of the molecule is CC(C)[C@H](NC(=O)c1cc2ccccc2cc1O)C(=O)O. The molecule has 5 nitrogen and oxygen atoms in total. The first-order valence-electron chi connectivity index (χ1n) is 6.65. The zero-order valence-corrected chi connectivity index (χ0v) is 11.8. The molecule has 110 valence electrons. The van der Waals surface area contributed by atoms with Crippen molar-refractivity contribution in [2.45, 2.75) is 19.9 Å². The zero-order valence-electron chi connectivity index (χ0n) is 11.8. The van der Waals surface area contributed by atoms with Crippen LogP contribution in [0.5, 0.6) is 5.75 Å². The first-order valence-corrected chi connectivity index (χ1v) is 6.65. The number of amides is 1. The van der Waals surface area contributed by atoms with Gasteiger partial charge in [0.15, 0.2) is 0 Å². The predicted octanol–water partition coefficient (Wildman–Crippen LogP) is 2.38. The van der Waals surface area contributed by atoms with Crippen molar-refractivity contribution in [3.8, 4) is 5.75 Å². The molecule has 1 amide bonds. The molecule has 0 saturated carbocycles. The Hall–Kier alpha value is -2.56. The van der Waals surface area contributed by atoms with Crippen LogP contribution >= 0.6 is 0 Å². The molecule has 0 fully saturated rings. The van der Waals surface area contributed by atoms with Crippen molar-refractivity contribution >= 4 is 22.6 Å². The van der Waals surface area contributed by atoms with Crippen LogP contribution in [0.4, 0.5) is 0 Å². The second-order valence-corrected chi connectivity index (χ2v) is 5.25. The van der Waals surface area contributed by atoms with Crippen LogP contribution in [0.2, 0.25) is 0 Å². The molecule has 5 heteroatoms. The van der Waals surface area contributed by atoms with Crippen LogP contribution in [0.3, 0.4) is 0 Å². The summed E-state index contributed by atoms with van der Waals surface area (Å²) in [7, 11) is 0. The first-order chi connectivity index (χ1) is 9.90. The maximum atomic E-state index is 12.2. The number of carboxylic acids is 1. The molecule has 2 aromatic rings. The van der Waals surface area contributed by atoms with Gasteiger partial charge in [0.1, 0.15) is 11.8 Å². The number of benzene rings is 2. The van der Waals surface area contributed by atoms with Crippen LogP contribution in [0.1, 0.15) is 24.2 Å². The predicted molar refractivity (Wildman–Crippen MR) is 79.3 cm³/mol. The van der Waals surface area contributed by atoms with Crippen molar-refractivity contribution in [3.63, 3.8) is 0 Å². The smallest absolute Gasteiger partial charge is 0.326 e. The molecule has 2 rings (SSSR count). The maximum Gasteiger partial charge on any atom is 0.326 e. The third-order valence-electron chi connectivity index (χ3n) is 3.33. The molecule has 0 aliphatic rings. The highest BCUT2D eigenvalue weighted by atomic mass is 16.4. The van der Waals surface area contributed by atoms with Gasteiger partial charge in [0, 0.05) is 0 Å². The van der Waals surface area contributed by atoms with E-state index in [-0.39, 0.29) is 17.2 Å². The number of phenolic OH excluding ortho intramolecular Hbond substituents is 1. The van der Waals surface area contributed by atoms with Gasteiger partial charge in [-0.05, 0) is 28.8 Å². The topological polar surface area (TPSA) is 86.6 Å². The van der Waals surface area contributed by atoms with Crippen LogP contribution in [-0.4, -0.2) is 28.1 Å². The fourth-order valence-electron chi connectivity index (χ4n) is 2.14. The summed E-state index contributed by atoms with van der Waals surface area (Å²) in [4.78, 5) is 23.3. The molecule has 0 aromatic heterocycles. The summed E-state index contributed by atoms with van der Waals surface area (Å²) in [6.45, 7) is 3.42. The Kier molecular flexibility index (Phi) is 4.12. The molecule has 0 radical (unpaired) electrons. The molecule has 3 N–H and O–H groups in total. The second-order valence-electron chi connectivity index (χ2n) is 5.25. The van der Waals surface area contributed by atoms with Crippen LogP contribution in [0, 0.1) is 5.92 Å². The lowest BCUT2D eigenvalue weighted by Gasteiger charge is -2.18. The lowest BCUT2D eigenvalue weighted by Crippen LogP contribution is -2.44. The quantitative estimate of drug-likeness (QED) is 0.805. The summed E-state index contributed by atoms with van der Waals surface area (Å²) < 4.78 is 0. The summed E-state index contributed by atoms with van der Waals surface area (Å²) in [5, 5.41) is 23.1. The minimum absolute atomic E-state index is 0.0700. The standard InChI is InChI=1S/C16H17NO4/c1-9(2)14(16(20)21)17-15(19)12-7-10-5-3-4-6-11(10)8-13(12)18/h3-9,14,18H,1-2H3,(H,17,19)(H,20,21)/t14-/m0/s1. The fraction of sp³-hybridized carbons (Fsp3) is 0.250. The molecule has 0 aliphatic carbocycles. The molecule has 21 heavy (non-hydrogen) atoms. The number of hydrogen-bond acceptors (Lipinski definition) is 3. The lowest BCUT2D eigenvalue weighted by atomic mass is 10.0. The van der Waals surface area contributed by atoms with E-state index in [9.17, 15) is 14.7 Å². The molecule has 0 spiro atoms. The molecule has 2 aromatic carbocycles. The molecule has 0 bridgehead atoms. The minimum Gasteiger partial charge on any atom is -0.507 e. The number of carbonyl (C=O) groups excluding carboxylic acids is 1. The maximum absolute atomic E-state index is 12.2. The second kappa shape index (κ2) is 5.83. The van der Waals surface area contributed by atoms with Gasteiger partial charge in [0.25, 0.3) is 5.91 Å². The summed E-state index contributed by atoms with van der Waals surface area (Å²) in [6, 6.07) is 9.36. The molecule has 0 aliphatic heterocycles. The average Bonchev–Trinajstić information content (AvgIpc) is 2.43. The van der Waals surface area contributed by atoms with Crippen LogP contribution in [0.15, 0.2) is 36.4 Å². The van der Waals surface area contributed by atoms with Crippen molar-refractivity contribution in [2.75, 3.05) is 0 Å². The van der Waals surface area contributed by atoms with Gasteiger partial charge in [-0.3, -0.25) is 4.79 Å². The van der Waals surface area contributed by atoms with E-state index in [0.29, 0.717) is 0 Å². The highest BCUT2D eigenvalue weighted by Gasteiger charge is 2.25. The van der Waals surface area contributed by atoms with E-state index in [1.165, 1.54) is 6.07 Å². The molecule has 1 atom stereocenters. The Morgan fingerprint density at radius 3 is 2.19 bits per heavy atom. The van der Waals surface area contributed by atoms with Gasteiger partial charge in [-0.2, -0.15) is 0 Å². The Morgan fingerprint density at radius 2 is 1.67 bits per heavy atom. The Morgan fingerprint density at radius 1 is 1.10 bits per heavy atom. The van der Waals surface area contributed by atoms with E-state index in [0.717, 1.165) is 10.8 Å². The molecule has 0 saturated heterocycles. The normalized spacial score (nSPS) is 12.3. The lowest BCUT2D eigenvalue weighted by molar-refractivity contribution is -0.140. The van der Waals surface area contributed by atoms with Crippen molar-refractivity contribution in [1.29, 1.82) is 0 Å². The van der Waals surface area contributed by atoms with E-state index in [2.05, 4.69) is 5.32 Å². The third-order valence-corrected chi connectivity index (χ3v) is 3.33. The summed E-state index contributed by atoms with van der Waals surface area (Å²) in [5.74, 6) is -2.12. The Labute approximate surface area is 122 Å². The van der Waals surface area contributed by atoms with Gasteiger partial charge >= 0.3 is 5.97 Å². The minimum atomic E-state index is -1.10. The number of nitrogens with one attached hydrogen (secondary N) is 1. The number of hydrogen-bond donors (Lipinski definition) is 3. The average molecular weight is 287 g/mol. The van der Waals surface area contributed by atoms with Gasteiger partial charge < -0.3 is 15.5 Å². The van der Waals surface area contributed by atoms with E-state index in [1.807, 2.05) is 24.3 Å². The number of rotatable bonds is 4. The van der Waals surface area contributed by atoms with Crippen molar-refractivity contribution in [2.24, 2.45) is 5.92 Å². The number of carboxylic acid groups (broad SMARTS) is 1. The number of phenols is 1. The van der Waals surface area contributed by atoms with Crippen LogP contribution in [0.25, 0.3) is 10.8 Å². The number of fused-ring (bicyclic) bond motifs is 1. The van der Waals surface area contributed by atoms with Crippen molar-refractivity contribution < 1.29 is 19.8 Å². The summed E-state index contributed by atoms with van der Waals surface area (Å²) >= 11 is 0. The van der Waals surface area contributed by atoms with Crippen LogP contribution in [-0.2, 0) is 4.79 Å². The summed E-state index contributed by atoms with van der Waals surface area (Å²) in [5.41, 5.74) is 0.0700. The van der Waals surface area contributed by atoms with Gasteiger partial charge in [-0.25, -0.2) is 4.79 Å². The first kappa shape index (κ1) is 14.8. The van der Waals surface area contributed by atoms with E-state index < -0.39 is 17.9 Å². The molecule has 0 heterocycles. The van der Waals surface area contributed by atoms with Crippen molar-refractivity contribution in [1.82, 2.24) is 5.32 Å². The highest BCUT2D eigenvalue weighted by molar-refractivity contribution is 6.02. The highest BCUT2D eigenvalue weighted by Crippen LogP contribution is 2.25. The number of aromatic hydroxyl groups is 1. The third kappa shape index (κ3) is 3.13.